The molecule has 1 amide bonds. The molecule has 4 nitrogen and oxygen atoms in total. The Balaban J connectivity index is 2.53. The van der Waals surface area contributed by atoms with E-state index >= 15 is 0 Å². The molecular weight excluding hydrogens is 192 g/mol. The van der Waals surface area contributed by atoms with E-state index in [1.807, 2.05) is 6.92 Å². The quantitative estimate of drug-likeness (QED) is 0.664. The molecule has 2 unspecified atom stereocenters. The maximum atomic E-state index is 12.0. The molecule has 0 aromatic rings. The van der Waals surface area contributed by atoms with Gasteiger partial charge in [0.25, 0.3) is 0 Å². The molecule has 0 aromatic carbocycles. The van der Waals surface area contributed by atoms with Crippen molar-refractivity contribution in [2.75, 3.05) is 33.4 Å². The average molecular weight is 212 g/mol. The summed E-state index contributed by atoms with van der Waals surface area (Å²) >= 11 is 0. The fourth-order valence-electron chi connectivity index (χ4n) is 1.83. The maximum absolute atomic E-state index is 12.0. The van der Waals surface area contributed by atoms with Gasteiger partial charge in [-0.15, -0.1) is 6.58 Å². The van der Waals surface area contributed by atoms with Crippen molar-refractivity contribution in [3.05, 3.63) is 12.7 Å². The zero-order valence-corrected chi connectivity index (χ0v) is 9.53. The summed E-state index contributed by atoms with van der Waals surface area (Å²) in [6, 6.07) is 0.162. The number of hydrogen-bond donors (Lipinski definition) is 1. The van der Waals surface area contributed by atoms with Gasteiger partial charge in [0.15, 0.2) is 0 Å². The van der Waals surface area contributed by atoms with Crippen LogP contribution in [0.3, 0.4) is 0 Å². The Kier molecular flexibility index (Phi) is 4.78. The van der Waals surface area contributed by atoms with Crippen molar-refractivity contribution in [1.29, 1.82) is 0 Å². The van der Waals surface area contributed by atoms with Crippen LogP contribution in [0, 0.1) is 5.92 Å². The Labute approximate surface area is 91.3 Å². The number of ether oxygens (including phenoxy) is 1. The first-order chi connectivity index (χ1) is 7.20. The third kappa shape index (κ3) is 3.04. The highest BCUT2D eigenvalue weighted by molar-refractivity contribution is 5.80. The van der Waals surface area contributed by atoms with Gasteiger partial charge < -0.3 is 15.0 Å². The van der Waals surface area contributed by atoms with E-state index in [1.165, 1.54) is 0 Å². The van der Waals surface area contributed by atoms with Crippen molar-refractivity contribution in [3.8, 4) is 0 Å². The third-order valence-electron chi connectivity index (χ3n) is 2.64. The first-order valence-corrected chi connectivity index (χ1v) is 5.37. The molecule has 1 rings (SSSR count). The van der Waals surface area contributed by atoms with Crippen molar-refractivity contribution >= 4 is 5.91 Å². The van der Waals surface area contributed by atoms with Crippen molar-refractivity contribution in [1.82, 2.24) is 10.2 Å². The first kappa shape index (κ1) is 12.2. The Bertz CT molecular complexity index is 231. The molecule has 1 fully saturated rings. The molecular formula is C11H20N2O2. The first-order valence-electron chi connectivity index (χ1n) is 5.37. The molecule has 1 N–H and O–H groups in total. The van der Waals surface area contributed by atoms with E-state index in [9.17, 15) is 4.79 Å². The summed E-state index contributed by atoms with van der Waals surface area (Å²) in [6.07, 6.45) is 1.73. The van der Waals surface area contributed by atoms with Gasteiger partial charge in [0.2, 0.25) is 5.91 Å². The largest absolute Gasteiger partial charge is 0.379 e. The van der Waals surface area contributed by atoms with Gasteiger partial charge in [0.1, 0.15) is 0 Å². The monoisotopic (exact) mass is 212 g/mol. The van der Waals surface area contributed by atoms with Crippen LogP contribution >= 0.6 is 0 Å². The van der Waals surface area contributed by atoms with Crippen LogP contribution in [0.5, 0.6) is 0 Å². The summed E-state index contributed by atoms with van der Waals surface area (Å²) in [5, 5.41) is 3.27. The SMILES string of the molecule is C=CCN(C)C(=O)C1COCC1NCC. The number of carbonyl (C=O) groups is 1. The number of rotatable bonds is 5. The average Bonchev–Trinajstić information content (AvgIpc) is 2.66. The van der Waals surface area contributed by atoms with E-state index in [0.717, 1.165) is 6.54 Å². The minimum Gasteiger partial charge on any atom is -0.379 e. The molecule has 0 saturated carbocycles. The predicted octanol–water partition coefficient (Wildman–Crippen LogP) is 0.255. The van der Waals surface area contributed by atoms with E-state index in [2.05, 4.69) is 11.9 Å². The van der Waals surface area contributed by atoms with Gasteiger partial charge >= 0.3 is 0 Å². The van der Waals surface area contributed by atoms with Gasteiger partial charge in [0, 0.05) is 19.6 Å². The minimum atomic E-state index is -0.0464. The smallest absolute Gasteiger partial charge is 0.229 e. The lowest BCUT2D eigenvalue weighted by Gasteiger charge is -2.23. The molecule has 1 heterocycles. The normalized spacial score (nSPS) is 25.2. The second kappa shape index (κ2) is 5.88. The molecule has 86 valence electrons. The number of nitrogens with one attached hydrogen (secondary N) is 1. The van der Waals surface area contributed by atoms with Gasteiger partial charge in [-0.1, -0.05) is 13.0 Å². The molecule has 0 bridgehead atoms. The standard InChI is InChI=1S/C11H20N2O2/c1-4-6-13(3)11(14)9-7-15-8-10(9)12-5-2/h4,9-10,12H,1,5-8H2,2-3H3. The topological polar surface area (TPSA) is 41.6 Å². The van der Waals surface area contributed by atoms with Crippen LogP contribution in [0.4, 0.5) is 0 Å². The fourth-order valence-corrected chi connectivity index (χ4v) is 1.83. The highest BCUT2D eigenvalue weighted by Crippen LogP contribution is 2.16. The number of amides is 1. The molecule has 0 aliphatic carbocycles. The van der Waals surface area contributed by atoms with Crippen molar-refractivity contribution < 1.29 is 9.53 Å². The van der Waals surface area contributed by atoms with Crippen molar-refractivity contribution in [2.45, 2.75) is 13.0 Å². The fraction of sp³-hybridized carbons (Fsp3) is 0.727. The molecule has 0 spiro atoms. The molecule has 15 heavy (non-hydrogen) atoms. The van der Waals surface area contributed by atoms with E-state index in [1.54, 1.807) is 18.0 Å². The Morgan fingerprint density at radius 3 is 3.00 bits per heavy atom. The summed E-state index contributed by atoms with van der Waals surface area (Å²) in [4.78, 5) is 13.7. The number of nitrogens with zero attached hydrogens (tertiary/aromatic N) is 1. The summed E-state index contributed by atoms with van der Waals surface area (Å²) in [5.74, 6) is 0.0910. The lowest BCUT2D eigenvalue weighted by atomic mass is 10.0. The highest BCUT2D eigenvalue weighted by atomic mass is 16.5. The lowest BCUT2D eigenvalue weighted by Crippen LogP contribution is -2.44. The van der Waals surface area contributed by atoms with Gasteiger partial charge in [-0.2, -0.15) is 0 Å². The summed E-state index contributed by atoms with van der Waals surface area (Å²) in [6.45, 7) is 8.27. The van der Waals surface area contributed by atoms with E-state index in [4.69, 9.17) is 4.74 Å². The van der Waals surface area contributed by atoms with Gasteiger partial charge in [-0.25, -0.2) is 0 Å². The van der Waals surface area contributed by atoms with Crippen LogP contribution in [0.15, 0.2) is 12.7 Å². The lowest BCUT2D eigenvalue weighted by molar-refractivity contribution is -0.134. The Hall–Kier alpha value is -0.870. The number of carbonyl (C=O) groups excluding carboxylic acids is 1. The van der Waals surface area contributed by atoms with Crippen LogP contribution in [0.1, 0.15) is 6.92 Å². The third-order valence-corrected chi connectivity index (χ3v) is 2.64. The summed E-state index contributed by atoms with van der Waals surface area (Å²) < 4.78 is 5.34. The van der Waals surface area contributed by atoms with Crippen LogP contribution in [-0.2, 0) is 9.53 Å². The minimum absolute atomic E-state index is 0.0464. The zero-order chi connectivity index (χ0) is 11.3. The van der Waals surface area contributed by atoms with Crippen LogP contribution in [0.2, 0.25) is 0 Å². The van der Waals surface area contributed by atoms with Crippen LogP contribution < -0.4 is 5.32 Å². The van der Waals surface area contributed by atoms with Crippen LogP contribution in [-0.4, -0.2) is 50.2 Å². The van der Waals surface area contributed by atoms with Gasteiger partial charge in [-0.05, 0) is 6.54 Å². The van der Waals surface area contributed by atoms with Gasteiger partial charge in [0.05, 0.1) is 19.1 Å². The summed E-state index contributed by atoms with van der Waals surface area (Å²) in [5.41, 5.74) is 0. The van der Waals surface area contributed by atoms with Gasteiger partial charge in [-0.3, -0.25) is 4.79 Å². The molecule has 0 aromatic heterocycles. The van der Waals surface area contributed by atoms with E-state index < -0.39 is 0 Å². The number of hydrogen-bond acceptors (Lipinski definition) is 3. The molecule has 1 aliphatic heterocycles. The van der Waals surface area contributed by atoms with E-state index in [0.29, 0.717) is 19.8 Å². The second-order valence-electron chi connectivity index (χ2n) is 3.82. The highest BCUT2D eigenvalue weighted by Gasteiger charge is 2.34. The van der Waals surface area contributed by atoms with Crippen molar-refractivity contribution in [3.63, 3.8) is 0 Å². The Morgan fingerprint density at radius 2 is 2.40 bits per heavy atom. The predicted molar refractivity (Wildman–Crippen MR) is 59.6 cm³/mol. The molecule has 0 radical (unpaired) electrons. The molecule has 1 saturated heterocycles. The van der Waals surface area contributed by atoms with E-state index in [-0.39, 0.29) is 17.9 Å². The zero-order valence-electron chi connectivity index (χ0n) is 9.53. The molecule has 1 aliphatic rings. The Morgan fingerprint density at radius 1 is 1.67 bits per heavy atom. The van der Waals surface area contributed by atoms with Crippen molar-refractivity contribution in [2.24, 2.45) is 5.92 Å². The van der Waals surface area contributed by atoms with Crippen LogP contribution in [0.25, 0.3) is 0 Å². The second-order valence-corrected chi connectivity index (χ2v) is 3.82. The summed E-state index contributed by atoms with van der Waals surface area (Å²) in [7, 11) is 1.80. The molecule has 2 atom stereocenters. The number of likely N-dealkylation sites (N-methyl/N-ethyl adjacent to an activating group) is 2. The molecule has 4 heteroatoms. The maximum Gasteiger partial charge on any atom is 0.229 e.